The molecule has 0 saturated carbocycles. The fourth-order valence-electron chi connectivity index (χ4n) is 3.85. The van der Waals surface area contributed by atoms with E-state index in [1.54, 1.807) is 25.2 Å². The topological polar surface area (TPSA) is 56.8 Å². The lowest BCUT2D eigenvalue weighted by Gasteiger charge is -2.26. The van der Waals surface area contributed by atoms with Gasteiger partial charge in [-0.2, -0.15) is 11.3 Å². The Balaban J connectivity index is 1.68. The van der Waals surface area contributed by atoms with E-state index in [4.69, 9.17) is 0 Å². The molecule has 4 rings (SSSR count). The Morgan fingerprint density at radius 3 is 2.84 bits per heavy atom. The summed E-state index contributed by atoms with van der Waals surface area (Å²) >= 11 is 1.52. The van der Waals surface area contributed by atoms with Crippen LogP contribution < -0.4 is 4.90 Å². The van der Waals surface area contributed by atoms with Gasteiger partial charge in [-0.15, -0.1) is 0 Å². The lowest BCUT2D eigenvalue weighted by atomic mass is 9.85. The van der Waals surface area contributed by atoms with Crippen molar-refractivity contribution in [1.29, 1.82) is 0 Å². The monoisotopic (exact) mass is 356 g/mol. The van der Waals surface area contributed by atoms with Crippen LogP contribution in [0.15, 0.2) is 35.2 Å². The van der Waals surface area contributed by atoms with Gasteiger partial charge in [0.05, 0.1) is 22.4 Å². The normalized spacial score (nSPS) is 21.7. The molecule has 4 heterocycles. The average molecular weight is 356 g/mol. The predicted molar refractivity (Wildman–Crippen MR) is 97.2 cm³/mol. The molecule has 0 aliphatic carbocycles. The first-order valence-corrected chi connectivity index (χ1v) is 9.22. The number of likely N-dealkylation sites (tertiary alicyclic amines) is 1. The summed E-state index contributed by atoms with van der Waals surface area (Å²) in [5.41, 5.74) is 2.25. The first kappa shape index (κ1) is 16.1. The van der Waals surface area contributed by atoms with Crippen molar-refractivity contribution in [2.24, 2.45) is 0 Å². The van der Waals surface area contributed by atoms with Gasteiger partial charge < -0.3 is 14.7 Å². The lowest BCUT2D eigenvalue weighted by Crippen LogP contribution is -2.42. The van der Waals surface area contributed by atoms with Crippen LogP contribution in [0, 0.1) is 0 Å². The molecule has 6 nitrogen and oxygen atoms in total. The van der Waals surface area contributed by atoms with Crippen LogP contribution in [-0.4, -0.2) is 60.5 Å². The molecule has 2 aliphatic rings. The van der Waals surface area contributed by atoms with Crippen LogP contribution in [0.4, 0.5) is 10.5 Å². The smallest absolute Gasteiger partial charge is 0.319 e. The molecule has 0 bridgehead atoms. The van der Waals surface area contributed by atoms with Crippen molar-refractivity contribution in [3.63, 3.8) is 0 Å². The third-order valence-electron chi connectivity index (χ3n) is 5.06. The van der Waals surface area contributed by atoms with Crippen LogP contribution in [0.3, 0.4) is 0 Å². The number of carbonyl (C=O) groups excluding carboxylic acids is 2. The van der Waals surface area contributed by atoms with Crippen molar-refractivity contribution >= 4 is 29.0 Å². The molecule has 2 aliphatic heterocycles. The Labute approximate surface area is 150 Å². The quantitative estimate of drug-likeness (QED) is 0.789. The Morgan fingerprint density at radius 1 is 1.28 bits per heavy atom. The molecule has 0 radical (unpaired) electrons. The predicted octanol–water partition coefficient (Wildman–Crippen LogP) is 2.43. The van der Waals surface area contributed by atoms with E-state index in [0.717, 1.165) is 17.8 Å². The van der Waals surface area contributed by atoms with Gasteiger partial charge in [0.25, 0.3) is 5.91 Å². The molecule has 0 aromatic carbocycles. The highest BCUT2D eigenvalue weighted by Crippen LogP contribution is 2.45. The largest absolute Gasteiger partial charge is 0.331 e. The number of fused-ring (bicyclic) bond motifs is 2. The van der Waals surface area contributed by atoms with E-state index in [9.17, 15) is 9.59 Å². The number of hydrogen-bond donors (Lipinski definition) is 0. The molecule has 0 N–H and O–H groups in total. The number of aromatic nitrogens is 1. The maximum absolute atomic E-state index is 13.0. The van der Waals surface area contributed by atoms with E-state index >= 15 is 0 Å². The van der Waals surface area contributed by atoms with Crippen molar-refractivity contribution < 1.29 is 9.59 Å². The highest BCUT2D eigenvalue weighted by atomic mass is 32.1. The number of rotatable bonds is 1. The molecule has 25 heavy (non-hydrogen) atoms. The lowest BCUT2D eigenvalue weighted by molar-refractivity contribution is 0.0985. The summed E-state index contributed by atoms with van der Waals surface area (Å²) in [7, 11) is 3.53. The maximum atomic E-state index is 13.0. The number of anilines is 1. The second-order valence-corrected chi connectivity index (χ2v) is 7.68. The number of hydrogen-bond acceptors (Lipinski definition) is 4. The fraction of sp³-hybridized carbons (Fsp3) is 0.389. The zero-order valence-corrected chi connectivity index (χ0v) is 15.1. The Hall–Kier alpha value is -2.41. The number of urea groups is 1. The number of thiophene rings is 1. The summed E-state index contributed by atoms with van der Waals surface area (Å²) in [6, 6.07) is 5.68. The summed E-state index contributed by atoms with van der Waals surface area (Å²) < 4.78 is 0. The summed E-state index contributed by atoms with van der Waals surface area (Å²) in [5.74, 6) is 0.00441. The van der Waals surface area contributed by atoms with Gasteiger partial charge in [-0.1, -0.05) is 0 Å². The summed E-state index contributed by atoms with van der Waals surface area (Å²) in [4.78, 5) is 35.2. The first-order valence-electron chi connectivity index (χ1n) is 8.28. The van der Waals surface area contributed by atoms with E-state index in [0.29, 0.717) is 25.2 Å². The molecular formula is C18H20N4O2S. The van der Waals surface area contributed by atoms with Crippen molar-refractivity contribution in [3.8, 4) is 0 Å². The van der Waals surface area contributed by atoms with E-state index in [2.05, 4.69) is 4.98 Å². The summed E-state index contributed by atoms with van der Waals surface area (Å²) in [5, 5.41) is 3.79. The standard InChI is InChI=1S/C18H20N4O2S/c1-20(2)17(24)21-8-6-18(11-21)12-22(14-4-3-7-19-15(14)18)16(23)13-5-9-25-10-13/h3-5,7,9-10H,6,8,11-12H2,1-2H3/t18-/m0/s1. The van der Waals surface area contributed by atoms with E-state index in [-0.39, 0.29) is 17.4 Å². The van der Waals surface area contributed by atoms with Crippen LogP contribution in [0.5, 0.6) is 0 Å². The minimum atomic E-state index is -0.270. The third kappa shape index (κ3) is 2.50. The molecule has 1 saturated heterocycles. The van der Waals surface area contributed by atoms with Gasteiger partial charge >= 0.3 is 6.03 Å². The van der Waals surface area contributed by atoms with Gasteiger partial charge in [-0.25, -0.2) is 4.79 Å². The van der Waals surface area contributed by atoms with Gasteiger partial charge in [-0.3, -0.25) is 9.78 Å². The zero-order chi connectivity index (χ0) is 17.6. The maximum Gasteiger partial charge on any atom is 0.319 e. The number of amides is 3. The fourth-order valence-corrected chi connectivity index (χ4v) is 4.48. The second-order valence-electron chi connectivity index (χ2n) is 6.90. The van der Waals surface area contributed by atoms with E-state index in [1.165, 1.54) is 11.3 Å². The van der Waals surface area contributed by atoms with Gasteiger partial charge in [0.1, 0.15) is 0 Å². The summed E-state index contributed by atoms with van der Waals surface area (Å²) in [6.07, 6.45) is 2.60. The summed E-state index contributed by atoms with van der Waals surface area (Å²) in [6.45, 7) is 1.86. The van der Waals surface area contributed by atoms with E-state index < -0.39 is 0 Å². The molecular weight excluding hydrogens is 336 g/mol. The van der Waals surface area contributed by atoms with Crippen LogP contribution >= 0.6 is 11.3 Å². The molecule has 130 valence electrons. The van der Waals surface area contributed by atoms with Crippen molar-refractivity contribution in [3.05, 3.63) is 46.4 Å². The molecule has 1 fully saturated rings. The zero-order valence-electron chi connectivity index (χ0n) is 14.3. The van der Waals surface area contributed by atoms with Crippen LogP contribution in [0.2, 0.25) is 0 Å². The second kappa shape index (κ2) is 5.84. The number of nitrogens with zero attached hydrogens (tertiary/aromatic N) is 4. The van der Waals surface area contributed by atoms with Crippen LogP contribution in [0.1, 0.15) is 22.5 Å². The minimum Gasteiger partial charge on any atom is -0.331 e. The molecule has 1 spiro atoms. The third-order valence-corrected chi connectivity index (χ3v) is 5.74. The molecule has 1 atom stereocenters. The van der Waals surface area contributed by atoms with Crippen LogP contribution in [0.25, 0.3) is 0 Å². The van der Waals surface area contributed by atoms with E-state index in [1.807, 2.05) is 38.8 Å². The van der Waals surface area contributed by atoms with Gasteiger partial charge in [0, 0.05) is 45.3 Å². The number of pyridine rings is 1. The van der Waals surface area contributed by atoms with Gasteiger partial charge in [-0.05, 0) is 30.0 Å². The Morgan fingerprint density at radius 2 is 2.12 bits per heavy atom. The van der Waals surface area contributed by atoms with Gasteiger partial charge in [0.15, 0.2) is 0 Å². The molecule has 7 heteroatoms. The van der Waals surface area contributed by atoms with Gasteiger partial charge in [0.2, 0.25) is 0 Å². The first-order chi connectivity index (χ1) is 12.0. The molecule has 2 aromatic rings. The highest BCUT2D eigenvalue weighted by Gasteiger charge is 2.51. The molecule has 2 aromatic heterocycles. The average Bonchev–Trinajstić information content (AvgIpc) is 3.34. The van der Waals surface area contributed by atoms with Crippen molar-refractivity contribution in [2.75, 3.05) is 38.6 Å². The molecule has 3 amide bonds. The number of carbonyl (C=O) groups is 2. The van der Waals surface area contributed by atoms with Crippen molar-refractivity contribution in [2.45, 2.75) is 11.8 Å². The highest BCUT2D eigenvalue weighted by molar-refractivity contribution is 7.08. The van der Waals surface area contributed by atoms with Crippen LogP contribution in [-0.2, 0) is 5.41 Å². The van der Waals surface area contributed by atoms with Crippen molar-refractivity contribution in [1.82, 2.24) is 14.8 Å². The molecule has 0 unspecified atom stereocenters. The minimum absolute atomic E-state index is 0.00441. The Bertz CT molecular complexity index is 820. The SMILES string of the molecule is CN(C)C(=O)N1CC[C@]2(C1)CN(C(=O)c1ccsc1)c1cccnc12. The Kier molecular flexibility index (Phi) is 3.76.